The van der Waals surface area contributed by atoms with Gasteiger partial charge < -0.3 is 41.5 Å². The van der Waals surface area contributed by atoms with Gasteiger partial charge in [0.1, 0.15) is 57.7 Å². The third-order valence-corrected chi connectivity index (χ3v) is 12.2. The molecule has 3 heterocycles. The number of esters is 3. The summed E-state index contributed by atoms with van der Waals surface area (Å²) in [6, 6.07) is 12.7. The summed E-state index contributed by atoms with van der Waals surface area (Å²) in [4.78, 5) is 84.8. The number of anilines is 1. The van der Waals surface area contributed by atoms with Crippen molar-refractivity contribution in [3.63, 3.8) is 0 Å². The van der Waals surface area contributed by atoms with Crippen LogP contribution in [-0.2, 0) is 48.1 Å². The van der Waals surface area contributed by atoms with Crippen LogP contribution in [-0.4, -0.2) is 101 Å². The molecule has 2 aromatic carbocycles. The van der Waals surface area contributed by atoms with Crippen LogP contribution in [0.15, 0.2) is 71.9 Å². The molecule has 0 bridgehead atoms. The summed E-state index contributed by atoms with van der Waals surface area (Å²) in [5, 5.41) is 1.03. The number of primary amides is 1. The standard InChI is InChI=1S/C39H47N7O12S3/c1-38(2,3)57-34(49)23(40)19-61(53,54)45-25(24-29(41)60-31(44-24)36(51)58-39(4,5)6)30(47)43-26-32(48)46-27(22(17-55-37(42)52)18-59-33(26)46)35(50)56-28(20-13-9-7-10-14-20)21-15-11-8-12-16-21/h7-16,23,25-26,28,33,45H,17-19,40-41H2,1-6H3,(H2,42,52)(H,43,47)/t23?,25-,26-,33-/m1/s1. The Balaban J connectivity index is 1.44. The van der Waals surface area contributed by atoms with Crippen molar-refractivity contribution >= 4 is 73.9 Å². The highest BCUT2D eigenvalue weighted by Crippen LogP contribution is 2.42. The molecule has 22 heteroatoms. The number of rotatable bonds is 15. The van der Waals surface area contributed by atoms with E-state index in [1.54, 1.807) is 102 Å². The summed E-state index contributed by atoms with van der Waals surface area (Å²) in [7, 11) is -4.65. The van der Waals surface area contributed by atoms with Crippen molar-refractivity contribution in [1.29, 1.82) is 0 Å². The number of thiazole rings is 1. The van der Waals surface area contributed by atoms with E-state index in [0.717, 1.165) is 16.7 Å². The van der Waals surface area contributed by atoms with Crippen LogP contribution >= 0.6 is 23.1 Å². The molecular weight excluding hydrogens is 855 g/mol. The first kappa shape index (κ1) is 46.5. The summed E-state index contributed by atoms with van der Waals surface area (Å²) in [6.07, 6.45) is -2.05. The van der Waals surface area contributed by atoms with Crippen LogP contribution in [0, 0.1) is 0 Å². The number of amides is 3. The number of ether oxygens (including phenoxy) is 4. The molecule has 8 N–H and O–H groups in total. The van der Waals surface area contributed by atoms with Gasteiger partial charge in [-0.2, -0.15) is 4.72 Å². The van der Waals surface area contributed by atoms with E-state index in [-0.39, 0.29) is 27.0 Å². The number of carbonyl (C=O) groups excluding carboxylic acids is 6. The summed E-state index contributed by atoms with van der Waals surface area (Å²) in [6.45, 7) is 9.07. The van der Waals surface area contributed by atoms with E-state index in [4.69, 9.17) is 36.1 Å². The van der Waals surface area contributed by atoms with Crippen molar-refractivity contribution in [1.82, 2.24) is 19.9 Å². The molecule has 19 nitrogen and oxygen atoms in total. The fourth-order valence-corrected chi connectivity index (χ4v) is 9.38. The number of hydrogen-bond donors (Lipinski definition) is 5. The second-order valence-electron chi connectivity index (χ2n) is 15.8. The van der Waals surface area contributed by atoms with Crippen LogP contribution in [0.3, 0.4) is 0 Å². The lowest BCUT2D eigenvalue weighted by Gasteiger charge is -2.50. The molecule has 5 rings (SSSR count). The number of aromatic nitrogens is 1. The lowest BCUT2D eigenvalue weighted by molar-refractivity contribution is -0.156. The number of benzene rings is 2. The molecule has 0 radical (unpaired) electrons. The van der Waals surface area contributed by atoms with Gasteiger partial charge in [-0.05, 0) is 52.7 Å². The van der Waals surface area contributed by atoms with E-state index in [2.05, 4.69) is 15.0 Å². The number of sulfonamides is 1. The third kappa shape index (κ3) is 11.8. The molecule has 4 atom stereocenters. The number of nitrogen functional groups attached to an aromatic ring is 1. The first-order valence-electron chi connectivity index (χ1n) is 18.6. The van der Waals surface area contributed by atoms with Crippen LogP contribution in [0.1, 0.15) is 80.3 Å². The lowest BCUT2D eigenvalue weighted by Crippen LogP contribution is -2.71. The van der Waals surface area contributed by atoms with E-state index in [1.165, 1.54) is 0 Å². The first-order chi connectivity index (χ1) is 28.4. The molecule has 0 aliphatic carbocycles. The van der Waals surface area contributed by atoms with E-state index >= 15 is 0 Å². The minimum Gasteiger partial charge on any atom is -0.459 e. The van der Waals surface area contributed by atoms with E-state index < -0.39 is 105 Å². The van der Waals surface area contributed by atoms with Gasteiger partial charge in [-0.25, -0.2) is 27.8 Å². The van der Waals surface area contributed by atoms with Gasteiger partial charge in [0.15, 0.2) is 6.10 Å². The SMILES string of the molecule is CC(C)(C)OC(=O)c1nc([C@@H](NS(=O)(=O)CC(N)C(=O)OC(C)(C)C)C(=O)N[C@@H]2C(=O)N3C(C(=O)OC(c4ccccc4)c4ccccc4)=C(COC(N)=O)CS[C@H]23)c(N)s1. The van der Waals surface area contributed by atoms with Crippen molar-refractivity contribution < 1.29 is 56.1 Å². The fraction of sp³-hybridized carbons (Fsp3) is 0.410. The van der Waals surface area contributed by atoms with E-state index in [0.29, 0.717) is 22.5 Å². The highest BCUT2D eigenvalue weighted by Gasteiger charge is 2.55. The smallest absolute Gasteiger partial charge is 0.404 e. The molecule has 3 amide bonds. The summed E-state index contributed by atoms with van der Waals surface area (Å²) < 4.78 is 50.9. The van der Waals surface area contributed by atoms with Gasteiger partial charge in [-0.1, -0.05) is 72.0 Å². The fourth-order valence-electron chi connectivity index (χ4n) is 6.03. The average molecular weight is 902 g/mol. The summed E-state index contributed by atoms with van der Waals surface area (Å²) >= 11 is 1.73. The van der Waals surface area contributed by atoms with Gasteiger partial charge in [0.2, 0.25) is 20.9 Å². The predicted octanol–water partition coefficient (Wildman–Crippen LogP) is 2.39. The molecule has 0 saturated carbocycles. The van der Waals surface area contributed by atoms with Gasteiger partial charge in [-0.3, -0.25) is 19.3 Å². The second kappa shape index (κ2) is 18.6. The molecule has 2 aliphatic heterocycles. The normalized spacial score (nSPS) is 17.7. The topological polar surface area (TPSA) is 292 Å². The zero-order chi connectivity index (χ0) is 45.0. The summed E-state index contributed by atoms with van der Waals surface area (Å²) in [5.74, 6) is -5.85. The Morgan fingerprint density at radius 1 is 0.918 bits per heavy atom. The Kier molecular flexibility index (Phi) is 14.2. The van der Waals surface area contributed by atoms with Gasteiger partial charge >= 0.3 is 24.0 Å². The zero-order valence-corrected chi connectivity index (χ0v) is 36.5. The van der Waals surface area contributed by atoms with E-state index in [1.807, 2.05) is 0 Å². The van der Waals surface area contributed by atoms with E-state index in [9.17, 15) is 37.2 Å². The van der Waals surface area contributed by atoms with Crippen molar-refractivity contribution in [2.24, 2.45) is 11.5 Å². The molecule has 0 spiro atoms. The molecule has 1 unspecified atom stereocenters. The third-order valence-electron chi connectivity index (χ3n) is 8.55. The number of thioether (sulfide) groups is 1. The molecule has 2 aliphatic rings. The predicted molar refractivity (Wildman–Crippen MR) is 224 cm³/mol. The van der Waals surface area contributed by atoms with Crippen LogP contribution in [0.25, 0.3) is 0 Å². The minimum absolute atomic E-state index is 0.0107. The number of nitrogens with two attached hydrogens (primary N) is 3. The maximum Gasteiger partial charge on any atom is 0.404 e. The van der Waals surface area contributed by atoms with Crippen molar-refractivity contribution in [3.05, 3.63) is 93.8 Å². The number of nitrogens with one attached hydrogen (secondary N) is 2. The van der Waals surface area contributed by atoms with Crippen LogP contribution in [0.4, 0.5) is 9.80 Å². The van der Waals surface area contributed by atoms with Crippen molar-refractivity contribution in [2.45, 2.75) is 82.3 Å². The summed E-state index contributed by atoms with van der Waals surface area (Å²) in [5.41, 5.74) is 16.2. The first-order valence-corrected chi connectivity index (χ1v) is 22.1. The highest BCUT2D eigenvalue weighted by molar-refractivity contribution is 8.00. The average Bonchev–Trinajstić information content (AvgIpc) is 3.57. The van der Waals surface area contributed by atoms with Gasteiger partial charge in [0, 0.05) is 11.3 Å². The van der Waals surface area contributed by atoms with Gasteiger partial charge in [0.25, 0.3) is 5.91 Å². The number of nitrogens with zero attached hydrogens (tertiary/aromatic N) is 2. The number of β-lactam (4-membered cyclic amide) rings is 1. The largest absolute Gasteiger partial charge is 0.459 e. The Hall–Kier alpha value is -5.55. The lowest BCUT2D eigenvalue weighted by atomic mass is 10.0. The van der Waals surface area contributed by atoms with Crippen LogP contribution < -0.4 is 27.2 Å². The van der Waals surface area contributed by atoms with Crippen LogP contribution in [0.5, 0.6) is 0 Å². The monoisotopic (exact) mass is 901 g/mol. The Morgan fingerprint density at radius 3 is 2.03 bits per heavy atom. The molecule has 3 aromatic rings. The molecular formula is C39H47N7O12S3. The van der Waals surface area contributed by atoms with Crippen molar-refractivity contribution in [3.8, 4) is 0 Å². The highest BCUT2D eigenvalue weighted by atomic mass is 32.2. The number of carbonyl (C=O) groups is 6. The maximum atomic E-state index is 14.2. The molecule has 1 saturated heterocycles. The molecule has 1 aromatic heterocycles. The van der Waals surface area contributed by atoms with Gasteiger partial charge in [-0.15, -0.1) is 11.8 Å². The Labute approximate surface area is 360 Å². The molecule has 61 heavy (non-hydrogen) atoms. The number of hydrogen-bond acceptors (Lipinski definition) is 17. The Bertz CT molecular complexity index is 2270. The quantitative estimate of drug-likeness (QED) is 0.0831. The minimum atomic E-state index is -4.65. The Morgan fingerprint density at radius 2 is 1.49 bits per heavy atom. The zero-order valence-electron chi connectivity index (χ0n) is 34.0. The maximum absolute atomic E-state index is 14.2. The van der Waals surface area contributed by atoms with Crippen molar-refractivity contribution in [2.75, 3.05) is 23.8 Å². The van der Waals surface area contributed by atoms with Crippen LogP contribution in [0.2, 0.25) is 0 Å². The second-order valence-corrected chi connectivity index (χ2v) is 19.7. The molecule has 1 fully saturated rings. The molecule has 328 valence electrons. The van der Waals surface area contributed by atoms with Gasteiger partial charge in [0.05, 0.1) is 5.75 Å². The number of fused-ring (bicyclic) bond motifs is 1.